The van der Waals surface area contributed by atoms with Crippen LogP contribution in [0.3, 0.4) is 0 Å². The number of alkyl halides is 1. The van der Waals surface area contributed by atoms with E-state index in [0.717, 1.165) is 28.2 Å². The molecule has 0 aromatic heterocycles. The van der Waals surface area contributed by atoms with E-state index in [1.165, 1.54) is 5.56 Å². The molecule has 0 spiro atoms. The molecule has 4 nitrogen and oxygen atoms in total. The molecule has 0 aliphatic carbocycles. The third-order valence-electron chi connectivity index (χ3n) is 3.15. The summed E-state index contributed by atoms with van der Waals surface area (Å²) in [6.07, 6.45) is 0.378. The molecule has 0 saturated carbocycles. The molecule has 1 aromatic rings. The maximum atomic E-state index is 11.3. The van der Waals surface area contributed by atoms with Gasteiger partial charge in [-0.15, -0.1) is 0 Å². The summed E-state index contributed by atoms with van der Waals surface area (Å²) in [7, 11) is 0. The van der Waals surface area contributed by atoms with Gasteiger partial charge in [0.15, 0.2) is 0 Å². The lowest BCUT2D eigenvalue weighted by Crippen LogP contribution is -2.49. The number of benzene rings is 1. The largest absolute Gasteiger partial charge is 0.368 e. The highest BCUT2D eigenvalue weighted by atomic mass is 127. The zero-order valence-electron chi connectivity index (χ0n) is 10.3. The molecule has 1 aliphatic rings. The van der Waals surface area contributed by atoms with Crippen LogP contribution in [0.25, 0.3) is 0 Å². The minimum absolute atomic E-state index is 0.378. The van der Waals surface area contributed by atoms with Crippen LogP contribution in [0.15, 0.2) is 18.2 Å². The number of amides is 1. The number of carbonyl (C=O) groups excluding carboxylic acids is 2. The Hall–Kier alpha value is -0.820. The van der Waals surface area contributed by atoms with Gasteiger partial charge in [0.05, 0.1) is 0 Å². The maximum Gasteiger partial charge on any atom is 0.286 e. The molecule has 1 saturated heterocycles. The van der Waals surface area contributed by atoms with Crippen LogP contribution in [-0.4, -0.2) is 43.3 Å². The van der Waals surface area contributed by atoms with Crippen LogP contribution in [0.4, 0.5) is 5.69 Å². The monoisotopic (exact) mass is 392 g/mol. The second kappa shape index (κ2) is 6.56. The summed E-state index contributed by atoms with van der Waals surface area (Å²) in [4.78, 5) is 25.5. The van der Waals surface area contributed by atoms with Crippen molar-refractivity contribution >= 4 is 52.1 Å². The molecular weight excluding hydrogens is 379 g/mol. The van der Waals surface area contributed by atoms with Crippen molar-refractivity contribution in [1.82, 2.24) is 4.90 Å². The fraction of sp³-hybridized carbons (Fsp3) is 0.385. The highest BCUT2D eigenvalue weighted by Crippen LogP contribution is 2.24. The topological polar surface area (TPSA) is 40.6 Å². The van der Waals surface area contributed by atoms with E-state index >= 15 is 0 Å². The smallest absolute Gasteiger partial charge is 0.286 e. The molecule has 19 heavy (non-hydrogen) atoms. The lowest BCUT2D eigenvalue weighted by atomic mass is 10.2. The standard InChI is InChI=1S/C13H14ClIN2O2/c14-11-5-10(8-15)6-12(7-11)16-1-3-17(4-2-16)13(19)9-18/h5-7,9H,1-4,8H2. The number of rotatable bonds is 3. The Balaban J connectivity index is 2.07. The van der Waals surface area contributed by atoms with Crippen molar-refractivity contribution in [2.75, 3.05) is 31.1 Å². The minimum Gasteiger partial charge on any atom is -0.368 e. The summed E-state index contributed by atoms with van der Waals surface area (Å²) in [5.41, 5.74) is 2.27. The van der Waals surface area contributed by atoms with E-state index in [1.807, 2.05) is 12.1 Å². The first-order valence-corrected chi connectivity index (χ1v) is 7.89. The Bertz CT molecular complexity index is 488. The first-order chi connectivity index (χ1) is 9.13. The molecule has 6 heteroatoms. The molecule has 0 N–H and O–H groups in total. The van der Waals surface area contributed by atoms with Crippen molar-refractivity contribution in [3.8, 4) is 0 Å². The summed E-state index contributed by atoms with van der Waals surface area (Å²) < 4.78 is 0.912. The van der Waals surface area contributed by atoms with Gasteiger partial charge in [-0.3, -0.25) is 9.59 Å². The highest BCUT2D eigenvalue weighted by molar-refractivity contribution is 14.1. The predicted octanol–water partition coefficient (Wildman–Crippen LogP) is 2.12. The quantitative estimate of drug-likeness (QED) is 0.342. The average Bonchev–Trinajstić information content (AvgIpc) is 2.46. The molecule has 1 aromatic carbocycles. The normalized spacial score (nSPS) is 15.5. The Morgan fingerprint density at radius 3 is 2.53 bits per heavy atom. The summed E-state index contributed by atoms with van der Waals surface area (Å²) in [5, 5.41) is 0.732. The van der Waals surface area contributed by atoms with Gasteiger partial charge in [0.25, 0.3) is 5.91 Å². The van der Waals surface area contributed by atoms with E-state index in [-0.39, 0.29) is 0 Å². The number of hydrogen-bond acceptors (Lipinski definition) is 3. The van der Waals surface area contributed by atoms with Crippen molar-refractivity contribution in [1.29, 1.82) is 0 Å². The third-order valence-corrected chi connectivity index (χ3v) is 4.25. The second-order valence-electron chi connectivity index (χ2n) is 4.38. The van der Waals surface area contributed by atoms with Crippen molar-refractivity contribution in [2.24, 2.45) is 0 Å². The second-order valence-corrected chi connectivity index (χ2v) is 5.58. The third kappa shape index (κ3) is 3.60. The van der Waals surface area contributed by atoms with Crippen molar-refractivity contribution in [3.05, 3.63) is 28.8 Å². The Morgan fingerprint density at radius 2 is 1.95 bits per heavy atom. The summed E-state index contributed by atoms with van der Waals surface area (Å²) in [5.74, 6) is -0.432. The Morgan fingerprint density at radius 1 is 1.26 bits per heavy atom. The van der Waals surface area contributed by atoms with Crippen molar-refractivity contribution in [3.63, 3.8) is 0 Å². The first-order valence-electron chi connectivity index (χ1n) is 5.98. The zero-order valence-corrected chi connectivity index (χ0v) is 13.2. The van der Waals surface area contributed by atoms with Crippen LogP contribution in [-0.2, 0) is 14.0 Å². The van der Waals surface area contributed by atoms with E-state index in [2.05, 4.69) is 33.6 Å². The number of halogens is 2. The van der Waals surface area contributed by atoms with Gasteiger partial charge in [-0.05, 0) is 23.8 Å². The van der Waals surface area contributed by atoms with Gasteiger partial charge in [-0.2, -0.15) is 0 Å². The van der Waals surface area contributed by atoms with Crippen LogP contribution in [0.5, 0.6) is 0 Å². The lowest BCUT2D eigenvalue weighted by Gasteiger charge is -2.35. The molecule has 0 unspecified atom stereocenters. The maximum absolute atomic E-state index is 11.3. The van der Waals surface area contributed by atoms with Gasteiger partial charge in [-0.25, -0.2) is 0 Å². The van der Waals surface area contributed by atoms with Crippen LogP contribution in [0.2, 0.25) is 5.02 Å². The zero-order chi connectivity index (χ0) is 13.8. The van der Waals surface area contributed by atoms with Crippen LogP contribution in [0.1, 0.15) is 5.56 Å². The number of carbonyl (C=O) groups is 2. The van der Waals surface area contributed by atoms with Gasteiger partial charge < -0.3 is 9.80 Å². The van der Waals surface area contributed by atoms with Crippen LogP contribution < -0.4 is 4.90 Å². The molecule has 1 fully saturated rings. The molecule has 0 atom stereocenters. The molecule has 1 heterocycles. The number of anilines is 1. The molecule has 1 amide bonds. The predicted molar refractivity (Wildman–Crippen MR) is 84.0 cm³/mol. The Labute approximate surface area is 130 Å². The first kappa shape index (κ1) is 14.6. The SMILES string of the molecule is O=CC(=O)N1CCN(c2cc(Cl)cc(CI)c2)CC1. The molecule has 2 rings (SSSR count). The molecule has 0 bridgehead atoms. The molecular formula is C13H14ClIN2O2. The van der Waals surface area contributed by atoms with Gasteiger partial charge in [0.2, 0.25) is 6.29 Å². The van der Waals surface area contributed by atoms with E-state index < -0.39 is 5.91 Å². The van der Waals surface area contributed by atoms with E-state index in [9.17, 15) is 9.59 Å². The van der Waals surface area contributed by atoms with Gasteiger partial charge in [0.1, 0.15) is 0 Å². The molecule has 0 radical (unpaired) electrons. The van der Waals surface area contributed by atoms with E-state index in [0.29, 0.717) is 19.4 Å². The van der Waals surface area contributed by atoms with Crippen molar-refractivity contribution in [2.45, 2.75) is 4.43 Å². The number of aldehydes is 1. The fourth-order valence-electron chi connectivity index (χ4n) is 2.15. The number of piperazine rings is 1. The average molecular weight is 393 g/mol. The number of nitrogens with zero attached hydrogens (tertiary/aromatic N) is 2. The van der Waals surface area contributed by atoms with E-state index in [1.54, 1.807) is 4.90 Å². The van der Waals surface area contributed by atoms with Crippen LogP contribution in [0, 0.1) is 0 Å². The highest BCUT2D eigenvalue weighted by Gasteiger charge is 2.21. The molecule has 1 aliphatic heterocycles. The van der Waals surface area contributed by atoms with Gasteiger partial charge in [-0.1, -0.05) is 34.2 Å². The summed E-state index contributed by atoms with van der Waals surface area (Å²) in [6, 6.07) is 6.02. The van der Waals surface area contributed by atoms with E-state index in [4.69, 9.17) is 11.6 Å². The van der Waals surface area contributed by atoms with Crippen molar-refractivity contribution < 1.29 is 9.59 Å². The summed E-state index contributed by atoms with van der Waals surface area (Å²) in [6.45, 7) is 2.59. The Kier molecular flexibility index (Phi) is 5.04. The lowest BCUT2D eigenvalue weighted by molar-refractivity contribution is -0.139. The number of hydrogen-bond donors (Lipinski definition) is 0. The van der Waals surface area contributed by atoms with Gasteiger partial charge >= 0.3 is 0 Å². The molecule has 102 valence electrons. The minimum atomic E-state index is -0.432. The van der Waals surface area contributed by atoms with Gasteiger partial charge in [0, 0.05) is 41.3 Å². The summed E-state index contributed by atoms with van der Waals surface area (Å²) >= 11 is 8.41. The fourth-order valence-corrected chi connectivity index (χ4v) is 2.84. The van der Waals surface area contributed by atoms with Crippen LogP contribution >= 0.6 is 34.2 Å².